The van der Waals surface area contributed by atoms with Crippen molar-refractivity contribution in [3.63, 3.8) is 0 Å². The van der Waals surface area contributed by atoms with Gasteiger partial charge in [-0.15, -0.1) is 0 Å². The molecule has 0 radical (unpaired) electrons. The normalized spacial score (nSPS) is 16.7. The molecule has 2 heterocycles. The van der Waals surface area contributed by atoms with Gasteiger partial charge in [0.2, 0.25) is 0 Å². The topological polar surface area (TPSA) is 70.2 Å². The number of hydrogen-bond donors (Lipinski definition) is 2. The first-order chi connectivity index (χ1) is 8.36. The van der Waals surface area contributed by atoms with Gasteiger partial charge in [-0.3, -0.25) is 9.69 Å². The summed E-state index contributed by atoms with van der Waals surface area (Å²) in [6, 6.07) is 0. The molecule has 1 fully saturated rings. The highest BCUT2D eigenvalue weighted by Crippen LogP contribution is 1.93. The Morgan fingerprint density at radius 1 is 1.35 bits per heavy atom. The highest BCUT2D eigenvalue weighted by atomic mass is 16.1. The Hall–Kier alpha value is -1.53. The van der Waals surface area contributed by atoms with Crippen molar-refractivity contribution in [2.75, 3.05) is 39.3 Å². The second kappa shape index (κ2) is 6.27. The molecule has 0 saturated carbocycles. The van der Waals surface area contributed by atoms with Crippen molar-refractivity contribution in [1.82, 2.24) is 25.5 Å². The van der Waals surface area contributed by atoms with E-state index in [0.717, 1.165) is 32.7 Å². The molecule has 17 heavy (non-hydrogen) atoms. The minimum absolute atomic E-state index is 0.110. The van der Waals surface area contributed by atoms with Crippen LogP contribution in [0, 0.1) is 0 Å². The van der Waals surface area contributed by atoms with Crippen molar-refractivity contribution < 1.29 is 4.79 Å². The molecular formula is C11H17N5O. The molecule has 1 aromatic rings. The van der Waals surface area contributed by atoms with Crippen LogP contribution < -0.4 is 10.6 Å². The minimum atomic E-state index is -0.110. The summed E-state index contributed by atoms with van der Waals surface area (Å²) in [6.45, 7) is 5.70. The summed E-state index contributed by atoms with van der Waals surface area (Å²) >= 11 is 0. The maximum atomic E-state index is 11.7. The van der Waals surface area contributed by atoms with E-state index < -0.39 is 0 Å². The van der Waals surface area contributed by atoms with Crippen molar-refractivity contribution in [3.05, 3.63) is 24.3 Å². The van der Waals surface area contributed by atoms with Crippen molar-refractivity contribution in [2.24, 2.45) is 0 Å². The molecule has 1 amide bonds. The first-order valence-electron chi connectivity index (χ1n) is 5.82. The van der Waals surface area contributed by atoms with Crippen LogP contribution in [0.3, 0.4) is 0 Å². The molecule has 1 aliphatic rings. The fourth-order valence-electron chi connectivity index (χ4n) is 1.78. The van der Waals surface area contributed by atoms with Crippen LogP contribution in [0.25, 0.3) is 0 Å². The maximum absolute atomic E-state index is 11.7. The van der Waals surface area contributed by atoms with Crippen molar-refractivity contribution in [1.29, 1.82) is 0 Å². The molecule has 1 aromatic heterocycles. The van der Waals surface area contributed by atoms with Gasteiger partial charge in [-0.05, 0) is 0 Å². The summed E-state index contributed by atoms with van der Waals surface area (Å²) < 4.78 is 0. The number of hydrogen-bond acceptors (Lipinski definition) is 5. The van der Waals surface area contributed by atoms with E-state index in [9.17, 15) is 4.79 Å². The molecule has 0 unspecified atom stereocenters. The van der Waals surface area contributed by atoms with Crippen LogP contribution in [0.4, 0.5) is 0 Å². The predicted octanol–water partition coefficient (Wildman–Crippen LogP) is -0.888. The van der Waals surface area contributed by atoms with E-state index in [0.29, 0.717) is 12.1 Å². The zero-order chi connectivity index (χ0) is 11.9. The maximum Gasteiger partial charge on any atom is 0.254 e. The molecule has 0 atom stereocenters. The first kappa shape index (κ1) is 11.9. The van der Waals surface area contributed by atoms with E-state index in [1.807, 2.05) is 0 Å². The molecular weight excluding hydrogens is 218 g/mol. The van der Waals surface area contributed by atoms with Crippen LogP contribution >= 0.6 is 0 Å². The summed E-state index contributed by atoms with van der Waals surface area (Å²) in [5.41, 5.74) is 0.507. The molecule has 0 bridgehead atoms. The summed E-state index contributed by atoms with van der Waals surface area (Å²) in [4.78, 5) is 21.6. The van der Waals surface area contributed by atoms with Crippen LogP contribution in [-0.4, -0.2) is 60.0 Å². The lowest BCUT2D eigenvalue weighted by molar-refractivity contribution is 0.0946. The Morgan fingerprint density at radius 2 is 2.06 bits per heavy atom. The lowest BCUT2D eigenvalue weighted by Crippen LogP contribution is -2.46. The van der Waals surface area contributed by atoms with Crippen LogP contribution in [-0.2, 0) is 0 Å². The van der Waals surface area contributed by atoms with E-state index in [2.05, 4.69) is 25.5 Å². The predicted molar refractivity (Wildman–Crippen MR) is 63.7 cm³/mol. The van der Waals surface area contributed by atoms with Gasteiger partial charge >= 0.3 is 0 Å². The third kappa shape index (κ3) is 3.76. The SMILES string of the molecule is O=C(NCCN1CCNCC1)c1cncnc1. The quantitative estimate of drug-likeness (QED) is 0.708. The zero-order valence-electron chi connectivity index (χ0n) is 9.72. The number of piperazine rings is 1. The molecule has 1 saturated heterocycles. The summed E-state index contributed by atoms with van der Waals surface area (Å²) in [7, 11) is 0. The van der Waals surface area contributed by atoms with Gasteiger partial charge in [0.1, 0.15) is 6.33 Å². The fraction of sp³-hybridized carbons (Fsp3) is 0.545. The van der Waals surface area contributed by atoms with Gasteiger partial charge in [-0.25, -0.2) is 9.97 Å². The van der Waals surface area contributed by atoms with Gasteiger partial charge in [0.25, 0.3) is 5.91 Å². The minimum Gasteiger partial charge on any atom is -0.351 e. The number of aromatic nitrogens is 2. The van der Waals surface area contributed by atoms with Gasteiger partial charge in [0, 0.05) is 51.7 Å². The first-order valence-corrected chi connectivity index (χ1v) is 5.82. The third-order valence-electron chi connectivity index (χ3n) is 2.75. The summed E-state index contributed by atoms with van der Waals surface area (Å²) in [5, 5.41) is 6.16. The van der Waals surface area contributed by atoms with E-state index in [4.69, 9.17) is 0 Å². The average molecular weight is 235 g/mol. The van der Waals surface area contributed by atoms with Crippen molar-refractivity contribution in [2.45, 2.75) is 0 Å². The Bertz CT molecular complexity index is 350. The lowest BCUT2D eigenvalue weighted by Gasteiger charge is -2.27. The monoisotopic (exact) mass is 235 g/mol. The highest BCUT2D eigenvalue weighted by Gasteiger charge is 2.10. The van der Waals surface area contributed by atoms with Crippen LogP contribution in [0.15, 0.2) is 18.7 Å². The fourth-order valence-corrected chi connectivity index (χ4v) is 1.78. The molecule has 0 spiro atoms. The van der Waals surface area contributed by atoms with Gasteiger partial charge in [-0.1, -0.05) is 0 Å². The molecule has 0 aliphatic carbocycles. The highest BCUT2D eigenvalue weighted by molar-refractivity contribution is 5.93. The zero-order valence-corrected chi connectivity index (χ0v) is 9.72. The number of carbonyl (C=O) groups is 1. The molecule has 0 aromatic carbocycles. The van der Waals surface area contributed by atoms with Crippen LogP contribution in [0.1, 0.15) is 10.4 Å². The number of rotatable bonds is 4. The third-order valence-corrected chi connectivity index (χ3v) is 2.75. The van der Waals surface area contributed by atoms with E-state index in [-0.39, 0.29) is 5.91 Å². The largest absolute Gasteiger partial charge is 0.351 e. The number of nitrogens with zero attached hydrogens (tertiary/aromatic N) is 3. The number of nitrogens with one attached hydrogen (secondary N) is 2. The number of amides is 1. The standard InChI is InChI=1S/C11H17N5O/c17-11(10-7-13-9-14-8-10)15-3-6-16-4-1-12-2-5-16/h7-9,12H,1-6H2,(H,15,17). The van der Waals surface area contributed by atoms with Crippen molar-refractivity contribution in [3.8, 4) is 0 Å². The van der Waals surface area contributed by atoms with Crippen LogP contribution in [0.5, 0.6) is 0 Å². The number of carbonyl (C=O) groups excluding carboxylic acids is 1. The molecule has 6 heteroatoms. The molecule has 92 valence electrons. The van der Waals surface area contributed by atoms with Gasteiger partial charge < -0.3 is 10.6 Å². The smallest absolute Gasteiger partial charge is 0.254 e. The Balaban J connectivity index is 1.69. The van der Waals surface area contributed by atoms with Crippen molar-refractivity contribution >= 4 is 5.91 Å². The second-order valence-corrected chi connectivity index (χ2v) is 3.97. The van der Waals surface area contributed by atoms with Gasteiger partial charge in [0.15, 0.2) is 0 Å². The van der Waals surface area contributed by atoms with E-state index >= 15 is 0 Å². The van der Waals surface area contributed by atoms with Gasteiger partial charge in [-0.2, -0.15) is 0 Å². The average Bonchev–Trinajstić information content (AvgIpc) is 2.41. The lowest BCUT2D eigenvalue weighted by atomic mass is 10.3. The molecule has 6 nitrogen and oxygen atoms in total. The van der Waals surface area contributed by atoms with Crippen LogP contribution in [0.2, 0.25) is 0 Å². The Kier molecular flexibility index (Phi) is 4.40. The summed E-state index contributed by atoms with van der Waals surface area (Å²) in [6.07, 6.45) is 4.46. The van der Waals surface area contributed by atoms with E-state index in [1.54, 1.807) is 0 Å². The second-order valence-electron chi connectivity index (χ2n) is 3.97. The van der Waals surface area contributed by atoms with E-state index in [1.165, 1.54) is 18.7 Å². The molecule has 1 aliphatic heterocycles. The Labute approximate surface area is 100 Å². The molecule has 2 N–H and O–H groups in total. The van der Waals surface area contributed by atoms with Gasteiger partial charge in [0.05, 0.1) is 5.56 Å². The Morgan fingerprint density at radius 3 is 2.76 bits per heavy atom. The molecule has 2 rings (SSSR count). The summed E-state index contributed by atoms with van der Waals surface area (Å²) in [5.74, 6) is -0.110.